The Balaban J connectivity index is 1.19. The molecule has 1 saturated carbocycles. The van der Waals surface area contributed by atoms with E-state index >= 15 is 0 Å². The lowest BCUT2D eigenvalue weighted by molar-refractivity contribution is -0.126. The summed E-state index contributed by atoms with van der Waals surface area (Å²) in [4.78, 5) is 34.5. The Bertz CT molecular complexity index is 1010. The molecule has 0 radical (unpaired) electrons. The van der Waals surface area contributed by atoms with Crippen LogP contribution in [0.2, 0.25) is 0 Å². The highest BCUT2D eigenvalue weighted by molar-refractivity contribution is 7.21. The molecule has 1 aliphatic heterocycles. The van der Waals surface area contributed by atoms with Gasteiger partial charge < -0.3 is 10.2 Å². The van der Waals surface area contributed by atoms with Gasteiger partial charge in [-0.15, -0.1) is 22.7 Å². The molecule has 2 amide bonds. The molecule has 4 heterocycles. The quantitative estimate of drug-likeness (QED) is 0.704. The van der Waals surface area contributed by atoms with Gasteiger partial charge in [-0.25, -0.2) is 4.98 Å². The molecule has 28 heavy (non-hydrogen) atoms. The number of thiazole rings is 1. The number of carbonyl (C=O) groups excluding carboxylic acids is 2. The molecule has 1 N–H and O–H groups in total. The number of amides is 2. The fourth-order valence-corrected chi connectivity index (χ4v) is 6.19. The van der Waals surface area contributed by atoms with Gasteiger partial charge in [0.25, 0.3) is 5.91 Å². The first-order valence-corrected chi connectivity index (χ1v) is 11.8. The van der Waals surface area contributed by atoms with E-state index in [-0.39, 0.29) is 23.8 Å². The van der Waals surface area contributed by atoms with E-state index in [2.05, 4.69) is 10.3 Å². The molecule has 0 unspecified atom stereocenters. The molecule has 3 aromatic rings. The van der Waals surface area contributed by atoms with E-state index < -0.39 is 0 Å². The normalized spacial score (nSPS) is 19.5. The molecule has 0 spiro atoms. The Morgan fingerprint density at radius 1 is 1.11 bits per heavy atom. The molecule has 0 atom stereocenters. The lowest BCUT2D eigenvalue weighted by Crippen LogP contribution is -2.48. The fraction of sp³-hybridized carbons (Fsp3) is 0.550. The fourth-order valence-electron chi connectivity index (χ4n) is 4.42. The maximum Gasteiger partial charge on any atom is 0.264 e. The lowest BCUT2D eigenvalue weighted by atomic mass is 9.88. The van der Waals surface area contributed by atoms with Crippen molar-refractivity contribution in [2.24, 2.45) is 5.92 Å². The molecule has 0 bridgehead atoms. The minimum Gasteiger partial charge on any atom is -0.353 e. The summed E-state index contributed by atoms with van der Waals surface area (Å²) in [5.41, 5.74) is 1.01. The Hall–Kier alpha value is -1.93. The van der Waals surface area contributed by atoms with Crippen LogP contribution in [0.3, 0.4) is 0 Å². The summed E-state index contributed by atoms with van der Waals surface area (Å²) >= 11 is 3.08. The van der Waals surface area contributed by atoms with Crippen LogP contribution in [-0.2, 0) is 4.79 Å². The molecule has 1 aliphatic carbocycles. The summed E-state index contributed by atoms with van der Waals surface area (Å²) in [7, 11) is 0. The van der Waals surface area contributed by atoms with E-state index in [1.807, 2.05) is 26.9 Å². The number of imidazole rings is 1. The number of nitrogens with zero attached hydrogens (tertiary/aromatic N) is 3. The molecule has 0 aromatic carbocycles. The van der Waals surface area contributed by atoms with Gasteiger partial charge in [-0.2, -0.15) is 0 Å². The van der Waals surface area contributed by atoms with Gasteiger partial charge >= 0.3 is 0 Å². The number of likely N-dealkylation sites (tertiary alicyclic amines) is 1. The minimum absolute atomic E-state index is 0.0871. The minimum atomic E-state index is 0.0871. The highest BCUT2D eigenvalue weighted by Crippen LogP contribution is 2.30. The Morgan fingerprint density at radius 2 is 1.89 bits per heavy atom. The van der Waals surface area contributed by atoms with Gasteiger partial charge in [0.1, 0.15) is 4.83 Å². The van der Waals surface area contributed by atoms with Gasteiger partial charge in [0.05, 0.1) is 10.4 Å². The van der Waals surface area contributed by atoms with Gasteiger partial charge in [0.2, 0.25) is 5.91 Å². The van der Waals surface area contributed by atoms with Crippen molar-refractivity contribution < 1.29 is 9.59 Å². The monoisotopic (exact) mass is 416 g/mol. The standard InChI is InChI=1S/C20H24N4O2S2/c25-17(13-4-2-1-3-5-13)21-14-6-8-23(9-7-14)19(26)16-12-15-18(28-16)22-20-24(15)10-11-27-20/h10-14H,1-9H2,(H,21,25). The molecule has 3 aromatic heterocycles. The largest absolute Gasteiger partial charge is 0.353 e. The Morgan fingerprint density at radius 3 is 2.68 bits per heavy atom. The number of rotatable bonds is 3. The number of aromatic nitrogens is 2. The second-order valence-electron chi connectivity index (χ2n) is 7.88. The number of hydrogen-bond acceptors (Lipinski definition) is 5. The van der Waals surface area contributed by atoms with Crippen LogP contribution in [-0.4, -0.2) is 45.2 Å². The van der Waals surface area contributed by atoms with E-state index in [0.29, 0.717) is 13.1 Å². The Kier molecular flexibility index (Phi) is 4.84. The number of hydrogen-bond donors (Lipinski definition) is 1. The summed E-state index contributed by atoms with van der Waals surface area (Å²) in [6, 6.07) is 2.16. The highest BCUT2D eigenvalue weighted by atomic mass is 32.1. The van der Waals surface area contributed by atoms with Crippen LogP contribution in [0.25, 0.3) is 15.3 Å². The summed E-state index contributed by atoms with van der Waals surface area (Å²) < 4.78 is 2.04. The van der Waals surface area contributed by atoms with E-state index in [0.717, 1.165) is 45.9 Å². The van der Waals surface area contributed by atoms with Crippen molar-refractivity contribution in [3.8, 4) is 0 Å². The average Bonchev–Trinajstić information content (AvgIpc) is 3.41. The van der Waals surface area contributed by atoms with Crippen LogP contribution < -0.4 is 5.32 Å². The first-order valence-electron chi connectivity index (χ1n) is 10.1. The average molecular weight is 417 g/mol. The number of nitrogens with one attached hydrogen (secondary N) is 1. The third-order valence-corrected chi connectivity index (χ3v) is 7.82. The molecule has 2 aliphatic rings. The zero-order valence-corrected chi connectivity index (χ0v) is 17.4. The molecule has 1 saturated heterocycles. The molecule has 148 valence electrons. The predicted molar refractivity (Wildman–Crippen MR) is 112 cm³/mol. The summed E-state index contributed by atoms with van der Waals surface area (Å²) in [6.07, 6.45) is 9.34. The highest BCUT2D eigenvalue weighted by Gasteiger charge is 2.28. The maximum atomic E-state index is 12.9. The SMILES string of the molecule is O=C(NC1CCN(C(=O)c2cc3c(nc4sccn43)s2)CC1)C1CCCCC1. The van der Waals surface area contributed by atoms with Crippen molar-refractivity contribution in [3.05, 3.63) is 22.5 Å². The van der Waals surface area contributed by atoms with E-state index in [9.17, 15) is 9.59 Å². The second-order valence-corrected chi connectivity index (χ2v) is 9.78. The number of fused-ring (bicyclic) bond motifs is 3. The van der Waals surface area contributed by atoms with Crippen LogP contribution in [0.1, 0.15) is 54.6 Å². The third kappa shape index (κ3) is 3.33. The van der Waals surface area contributed by atoms with Gasteiger partial charge in [0.15, 0.2) is 4.96 Å². The zero-order valence-electron chi connectivity index (χ0n) is 15.7. The topological polar surface area (TPSA) is 66.7 Å². The molecular formula is C20H24N4O2S2. The maximum absolute atomic E-state index is 12.9. The first kappa shape index (κ1) is 18.1. The number of piperidine rings is 1. The van der Waals surface area contributed by atoms with Crippen LogP contribution in [0.4, 0.5) is 0 Å². The molecule has 6 nitrogen and oxygen atoms in total. The zero-order chi connectivity index (χ0) is 19.1. The molecule has 2 fully saturated rings. The van der Waals surface area contributed by atoms with E-state index in [1.54, 1.807) is 11.3 Å². The molecular weight excluding hydrogens is 392 g/mol. The van der Waals surface area contributed by atoms with Gasteiger partial charge in [-0.3, -0.25) is 14.0 Å². The van der Waals surface area contributed by atoms with Crippen LogP contribution in [0, 0.1) is 5.92 Å². The summed E-state index contributed by atoms with van der Waals surface area (Å²) in [5, 5.41) is 5.24. The number of thiophene rings is 1. The van der Waals surface area contributed by atoms with E-state index in [1.165, 1.54) is 30.6 Å². The predicted octanol–water partition coefficient (Wildman–Crippen LogP) is 3.91. The second kappa shape index (κ2) is 7.48. The summed E-state index contributed by atoms with van der Waals surface area (Å²) in [6.45, 7) is 1.40. The third-order valence-electron chi connectivity index (χ3n) is 6.06. The van der Waals surface area contributed by atoms with Crippen molar-refractivity contribution in [2.75, 3.05) is 13.1 Å². The lowest BCUT2D eigenvalue weighted by Gasteiger charge is -2.33. The van der Waals surface area contributed by atoms with Crippen LogP contribution in [0.15, 0.2) is 17.6 Å². The molecule has 5 rings (SSSR count). The summed E-state index contributed by atoms with van der Waals surface area (Å²) in [5.74, 6) is 0.513. The van der Waals surface area contributed by atoms with Crippen molar-refractivity contribution in [1.29, 1.82) is 0 Å². The van der Waals surface area contributed by atoms with Crippen LogP contribution >= 0.6 is 22.7 Å². The Labute approximate surface area is 171 Å². The molecule has 8 heteroatoms. The van der Waals surface area contributed by atoms with Crippen molar-refractivity contribution >= 4 is 49.8 Å². The first-order chi connectivity index (χ1) is 13.7. The smallest absolute Gasteiger partial charge is 0.264 e. The van der Waals surface area contributed by atoms with Crippen molar-refractivity contribution in [2.45, 2.75) is 51.0 Å². The van der Waals surface area contributed by atoms with Gasteiger partial charge in [-0.1, -0.05) is 19.3 Å². The van der Waals surface area contributed by atoms with Gasteiger partial charge in [0, 0.05) is 36.6 Å². The van der Waals surface area contributed by atoms with Crippen molar-refractivity contribution in [3.63, 3.8) is 0 Å². The van der Waals surface area contributed by atoms with E-state index in [4.69, 9.17) is 0 Å². The van der Waals surface area contributed by atoms with Crippen LogP contribution in [0.5, 0.6) is 0 Å². The van der Waals surface area contributed by atoms with Crippen molar-refractivity contribution in [1.82, 2.24) is 19.6 Å². The number of carbonyl (C=O) groups is 2. The van der Waals surface area contributed by atoms with Gasteiger partial charge in [-0.05, 0) is 31.7 Å².